The van der Waals surface area contributed by atoms with E-state index < -0.39 is 19.8 Å². The Balaban J connectivity index is 3.15. The maximum absolute atomic E-state index is 2.51. The Labute approximate surface area is 66.8 Å². The summed E-state index contributed by atoms with van der Waals surface area (Å²) in [5.74, 6) is 1.03. The summed E-state index contributed by atoms with van der Waals surface area (Å²) in [6.45, 7) is 4.69. The minimum absolute atomic E-state index is 0.844. The Kier molecular flexibility index (Phi) is 6.07. The third-order valence-corrected chi connectivity index (χ3v) is 6.64. The van der Waals surface area contributed by atoms with E-state index in [1.807, 2.05) is 0 Å². The van der Waals surface area contributed by atoms with Gasteiger partial charge in [0.25, 0.3) is 0 Å². The fraction of sp³-hybridized carbons (Fsp3) is 1.00. The van der Waals surface area contributed by atoms with Crippen molar-refractivity contribution in [1.82, 2.24) is 0 Å². The molecule has 0 aromatic heterocycles. The molecule has 9 heavy (non-hydrogen) atoms. The second-order valence-corrected chi connectivity index (χ2v) is 12.8. The zero-order chi connectivity index (χ0) is 7.28. The van der Waals surface area contributed by atoms with Gasteiger partial charge in [-0.05, 0) is 0 Å². The Hall–Kier alpha value is 0.799. The van der Waals surface area contributed by atoms with E-state index in [1.54, 1.807) is 4.44 Å². The van der Waals surface area contributed by atoms with Gasteiger partial charge in [0.1, 0.15) is 0 Å². The first-order valence-corrected chi connectivity index (χ1v) is 13.1. The van der Waals surface area contributed by atoms with Crippen LogP contribution in [-0.2, 0) is 0 Å². The van der Waals surface area contributed by atoms with Gasteiger partial charge in [0.05, 0.1) is 0 Å². The zero-order valence-corrected chi connectivity index (χ0v) is 10.6. The van der Waals surface area contributed by atoms with Crippen molar-refractivity contribution < 1.29 is 0 Å². The predicted molar refractivity (Wildman–Crippen MR) is 47.8 cm³/mol. The number of hydrogen-bond acceptors (Lipinski definition) is 0. The molecule has 0 fully saturated rings. The minimum atomic E-state index is -0.844. The molecule has 0 rings (SSSR count). The van der Waals surface area contributed by atoms with Gasteiger partial charge in [-0.15, -0.1) is 0 Å². The predicted octanol–water partition coefficient (Wildman–Crippen LogP) is 2.91. The summed E-state index contributed by atoms with van der Waals surface area (Å²) in [6.07, 6.45) is 2.83. The molecule has 0 aliphatic rings. The molecule has 0 amide bonds. The molecule has 0 N–H and O–H groups in total. The van der Waals surface area contributed by atoms with Gasteiger partial charge in [-0.3, -0.25) is 0 Å². The molecule has 0 aromatic carbocycles. The van der Waals surface area contributed by atoms with Crippen molar-refractivity contribution in [2.24, 2.45) is 5.92 Å². The van der Waals surface area contributed by atoms with Crippen molar-refractivity contribution in [2.45, 2.75) is 41.0 Å². The van der Waals surface area contributed by atoms with Crippen LogP contribution < -0.4 is 0 Å². The van der Waals surface area contributed by atoms with Gasteiger partial charge < -0.3 is 0 Å². The van der Waals surface area contributed by atoms with Crippen LogP contribution in [0, 0.1) is 5.92 Å². The first kappa shape index (κ1) is 9.80. The Morgan fingerprint density at radius 1 is 1.33 bits per heavy atom. The SMILES string of the molecule is CCCC(C)[CH2][SnH]([CH3])[CH3]. The van der Waals surface area contributed by atoms with Gasteiger partial charge in [-0.2, -0.15) is 0 Å². The monoisotopic (exact) mass is 236 g/mol. The molecule has 0 heterocycles. The second-order valence-electron chi connectivity index (χ2n) is 3.52. The normalized spacial score (nSPS) is 14.3. The van der Waals surface area contributed by atoms with E-state index in [1.165, 1.54) is 12.8 Å². The fourth-order valence-electron chi connectivity index (χ4n) is 1.42. The summed E-state index contributed by atoms with van der Waals surface area (Å²) < 4.78 is 1.61. The molecule has 0 aliphatic carbocycles. The molecule has 1 atom stereocenters. The number of hydrogen-bond donors (Lipinski definition) is 0. The Morgan fingerprint density at radius 3 is 2.22 bits per heavy atom. The zero-order valence-electron chi connectivity index (χ0n) is 7.28. The van der Waals surface area contributed by atoms with Crippen molar-refractivity contribution in [1.29, 1.82) is 0 Å². The molecular formula is C8H20Sn. The van der Waals surface area contributed by atoms with Crippen LogP contribution in [-0.4, -0.2) is 19.8 Å². The molecule has 0 nitrogen and oxygen atoms in total. The molecule has 0 aromatic rings. The van der Waals surface area contributed by atoms with Crippen LogP contribution in [0.15, 0.2) is 0 Å². The van der Waals surface area contributed by atoms with Crippen LogP contribution in [0.4, 0.5) is 0 Å². The van der Waals surface area contributed by atoms with Crippen LogP contribution in [0.1, 0.15) is 26.7 Å². The van der Waals surface area contributed by atoms with Gasteiger partial charge in [0, 0.05) is 0 Å². The van der Waals surface area contributed by atoms with Gasteiger partial charge >= 0.3 is 66.7 Å². The fourth-order valence-corrected chi connectivity index (χ4v) is 6.68. The van der Waals surface area contributed by atoms with E-state index in [0.717, 1.165) is 5.92 Å². The third kappa shape index (κ3) is 6.69. The van der Waals surface area contributed by atoms with Crippen molar-refractivity contribution in [3.63, 3.8) is 0 Å². The molecule has 56 valence electrons. The summed E-state index contributed by atoms with van der Waals surface area (Å²) in [7, 11) is 0. The summed E-state index contributed by atoms with van der Waals surface area (Å²) >= 11 is -0.844. The maximum atomic E-state index is 2.51. The first-order valence-electron chi connectivity index (χ1n) is 4.16. The van der Waals surface area contributed by atoms with Crippen LogP contribution in [0.25, 0.3) is 0 Å². The van der Waals surface area contributed by atoms with Crippen molar-refractivity contribution in [2.75, 3.05) is 0 Å². The number of rotatable bonds is 4. The molecule has 0 spiro atoms. The van der Waals surface area contributed by atoms with Crippen molar-refractivity contribution in [3.05, 3.63) is 0 Å². The van der Waals surface area contributed by atoms with Crippen LogP contribution in [0.5, 0.6) is 0 Å². The molecule has 0 saturated heterocycles. The third-order valence-electron chi connectivity index (χ3n) is 1.66. The summed E-state index contributed by atoms with van der Waals surface area (Å²) in [4.78, 5) is 5.02. The second kappa shape index (κ2) is 5.57. The summed E-state index contributed by atoms with van der Waals surface area (Å²) in [5.41, 5.74) is 0. The summed E-state index contributed by atoms with van der Waals surface area (Å²) in [5, 5.41) is 0. The average molecular weight is 235 g/mol. The topological polar surface area (TPSA) is 0 Å². The first-order chi connectivity index (χ1) is 4.16. The van der Waals surface area contributed by atoms with E-state index in [9.17, 15) is 0 Å². The van der Waals surface area contributed by atoms with Gasteiger partial charge in [-0.25, -0.2) is 0 Å². The van der Waals surface area contributed by atoms with E-state index in [4.69, 9.17) is 0 Å². The molecule has 0 bridgehead atoms. The standard InChI is InChI=1S/C6H13.2CH3.Sn.H/c1-4-5-6(2)3;;;;/h6H,2,4-5H2,1,3H3;2*1H3;;. The molecule has 1 unspecified atom stereocenters. The van der Waals surface area contributed by atoms with Crippen molar-refractivity contribution in [3.8, 4) is 0 Å². The average Bonchev–Trinajstić information content (AvgIpc) is 1.63. The molecule has 1 heteroatoms. The van der Waals surface area contributed by atoms with Gasteiger partial charge in [0.2, 0.25) is 0 Å². The molecule has 0 saturated carbocycles. The molecule has 0 radical (unpaired) electrons. The van der Waals surface area contributed by atoms with E-state index in [-0.39, 0.29) is 0 Å². The van der Waals surface area contributed by atoms with Gasteiger partial charge in [0.15, 0.2) is 0 Å². The van der Waals surface area contributed by atoms with Crippen LogP contribution >= 0.6 is 0 Å². The van der Waals surface area contributed by atoms with Crippen LogP contribution in [0.2, 0.25) is 14.3 Å². The van der Waals surface area contributed by atoms with E-state index in [0.29, 0.717) is 0 Å². The quantitative estimate of drug-likeness (QED) is 0.657. The van der Waals surface area contributed by atoms with Gasteiger partial charge in [-0.1, -0.05) is 0 Å². The Morgan fingerprint density at radius 2 is 1.89 bits per heavy atom. The van der Waals surface area contributed by atoms with E-state index in [2.05, 4.69) is 23.7 Å². The van der Waals surface area contributed by atoms with E-state index >= 15 is 0 Å². The van der Waals surface area contributed by atoms with Crippen molar-refractivity contribution >= 4 is 19.8 Å². The Bertz CT molecular complexity index is 59.6. The van der Waals surface area contributed by atoms with Crippen LogP contribution in [0.3, 0.4) is 0 Å². The molecular weight excluding hydrogens is 215 g/mol. The molecule has 0 aliphatic heterocycles. The summed E-state index contributed by atoms with van der Waals surface area (Å²) in [6, 6.07) is 0.